The van der Waals surface area contributed by atoms with Crippen molar-refractivity contribution in [1.82, 2.24) is 0 Å². The van der Waals surface area contributed by atoms with Crippen LogP contribution in [0.25, 0.3) is 11.0 Å². The van der Waals surface area contributed by atoms with E-state index in [0.29, 0.717) is 0 Å². The molecule has 0 saturated carbocycles. The third-order valence-electron chi connectivity index (χ3n) is 7.93. The molecule has 1 fully saturated rings. The Bertz CT molecular complexity index is 1450. The predicted octanol–water partition coefficient (Wildman–Crippen LogP) is 8.09. The molecule has 1 aromatic heterocycles. The maximum Gasteiger partial charge on any atom is -0.0683 e. The molecule has 38 heavy (non-hydrogen) atoms. The smallest absolute Gasteiger partial charge is 0.0683 e. The van der Waals surface area contributed by atoms with Gasteiger partial charge in [-0.15, -0.1) is 0 Å². The Morgan fingerprint density at radius 3 is 1.63 bits per heavy atom. The number of fused-ring (bicyclic) bond motifs is 2. The number of hydrogen-bond acceptors (Lipinski definition) is 2. The molecule has 7 rings (SSSR count). The summed E-state index contributed by atoms with van der Waals surface area (Å²) in [5.41, 5.74) is 1.03. The van der Waals surface area contributed by atoms with Crippen molar-refractivity contribution in [2.45, 2.75) is 25.6 Å². The van der Waals surface area contributed by atoms with E-state index in [1.54, 1.807) is 0 Å². The van der Waals surface area contributed by atoms with Gasteiger partial charge < -0.3 is 0 Å². The first-order valence-corrected chi connectivity index (χ1v) is 15.7. The first-order valence-electron chi connectivity index (χ1n) is 13.5. The summed E-state index contributed by atoms with van der Waals surface area (Å²) in [5, 5.41) is 4.84. The monoisotopic (exact) mass is 516 g/mol. The summed E-state index contributed by atoms with van der Waals surface area (Å²) in [6, 6.07) is 43.1. The van der Waals surface area contributed by atoms with Gasteiger partial charge in [-0.05, 0) is 0 Å². The molecule has 0 amide bonds. The van der Waals surface area contributed by atoms with Crippen molar-refractivity contribution in [3.05, 3.63) is 151 Å². The van der Waals surface area contributed by atoms with Crippen LogP contribution in [0.4, 0.5) is 0 Å². The van der Waals surface area contributed by atoms with E-state index < -0.39 is 6.83 Å². The van der Waals surface area contributed by atoms with Crippen LogP contribution >= 0.6 is 6.83 Å². The summed E-state index contributed by atoms with van der Waals surface area (Å²) in [7, 11) is 0. The maximum atomic E-state index is 7.79. The van der Waals surface area contributed by atoms with Crippen LogP contribution < -0.4 is 15.9 Å². The second-order valence-corrected chi connectivity index (χ2v) is 14.2. The van der Waals surface area contributed by atoms with Crippen molar-refractivity contribution in [2.75, 3.05) is 0 Å². The van der Waals surface area contributed by atoms with Gasteiger partial charge in [-0.2, -0.15) is 0 Å². The van der Waals surface area contributed by atoms with Crippen LogP contribution in [0.1, 0.15) is 25.7 Å². The van der Waals surface area contributed by atoms with Crippen LogP contribution in [-0.2, 0) is 4.52 Å². The maximum absolute atomic E-state index is 7.79. The van der Waals surface area contributed by atoms with Crippen LogP contribution in [-0.4, -0.2) is 5.66 Å². The zero-order chi connectivity index (χ0) is 26.0. The molecule has 190 valence electrons. The van der Waals surface area contributed by atoms with Gasteiger partial charge in [0.15, 0.2) is 0 Å². The van der Waals surface area contributed by atoms with E-state index in [4.69, 9.17) is 8.94 Å². The van der Waals surface area contributed by atoms with E-state index in [1.807, 2.05) is 26.0 Å². The summed E-state index contributed by atoms with van der Waals surface area (Å²) in [4.78, 5) is 0. The molecule has 0 radical (unpaired) electrons. The van der Waals surface area contributed by atoms with Gasteiger partial charge in [0.25, 0.3) is 0 Å². The summed E-state index contributed by atoms with van der Waals surface area (Å²) in [5.74, 6) is 1.02. The van der Waals surface area contributed by atoms with Crippen LogP contribution in [0.2, 0.25) is 0 Å². The molecule has 1 aliphatic carbocycles. The Balaban J connectivity index is 0.00000129. The number of furan rings is 1. The Morgan fingerprint density at radius 2 is 1.08 bits per heavy atom. The number of rotatable bonds is 4. The topological polar surface area (TPSA) is 22.4 Å². The third kappa shape index (κ3) is 3.41. The number of para-hydroxylation sites is 1. The molecule has 2 nitrogen and oxygen atoms in total. The largest absolute Gasteiger partial charge is 0.0683 e. The molecule has 0 N–H and O–H groups in total. The van der Waals surface area contributed by atoms with Crippen LogP contribution in [0, 0.1) is 5.92 Å². The first-order chi connectivity index (χ1) is 18.8. The van der Waals surface area contributed by atoms with Gasteiger partial charge in [0, 0.05) is 0 Å². The van der Waals surface area contributed by atoms with Gasteiger partial charge in [-0.25, -0.2) is 0 Å². The summed E-state index contributed by atoms with van der Waals surface area (Å²) in [6.07, 6.45) is 8.85. The quantitative estimate of drug-likeness (QED) is 0.225. The second-order valence-electron chi connectivity index (χ2n) is 9.66. The fraction of sp³-hybridized carbons (Fsp3) is 0.143. The molecule has 1 aliphatic heterocycles. The predicted molar refractivity (Wildman–Crippen MR) is 162 cm³/mol. The third-order valence-corrected chi connectivity index (χ3v) is 14.2. The molecule has 0 bridgehead atoms. The molecule has 2 unspecified atom stereocenters. The minimum atomic E-state index is -3.50. The van der Waals surface area contributed by atoms with Crippen molar-refractivity contribution >= 4 is 33.7 Å². The average molecular weight is 517 g/mol. The SMILES string of the molecule is C1=CC2[C@H](C=C1)C(c1cc3ccccc3o1)OP2(c1ccccc1)(c1ccccc1)c1ccccc1.CC. The van der Waals surface area contributed by atoms with E-state index in [-0.39, 0.29) is 17.7 Å². The molecular weight excluding hydrogens is 483 g/mol. The van der Waals surface area contributed by atoms with Crippen LogP contribution in [0.5, 0.6) is 0 Å². The van der Waals surface area contributed by atoms with Crippen molar-refractivity contribution in [1.29, 1.82) is 0 Å². The zero-order valence-electron chi connectivity index (χ0n) is 21.9. The Morgan fingerprint density at radius 1 is 0.579 bits per heavy atom. The molecular formula is C35H33O2P. The van der Waals surface area contributed by atoms with Crippen LogP contribution in [0.3, 0.4) is 0 Å². The molecule has 1 saturated heterocycles. The first kappa shape index (κ1) is 24.6. The summed E-state index contributed by atoms with van der Waals surface area (Å²) >= 11 is 0. The van der Waals surface area contributed by atoms with Crippen LogP contribution in [0.15, 0.2) is 150 Å². The standard InChI is InChI=1S/C33H27O2P.C2H6/c1-4-15-26(16-5-1)36(27-17-6-2-7-18-27,28-19-8-3-9-20-28)32-23-13-11-21-29(32)33(35-36)31-24-25-14-10-12-22-30(25)34-31;1-2/h1-24,29,32-33H;1-2H3/t29-,32?,33?;/m0./s1. The molecule has 2 heterocycles. The van der Waals surface area contributed by atoms with Gasteiger partial charge in [0.1, 0.15) is 0 Å². The minimum Gasteiger partial charge on any atom is -0.0683 e. The fourth-order valence-electron chi connectivity index (χ4n) is 6.46. The van der Waals surface area contributed by atoms with Gasteiger partial charge in [-0.3, -0.25) is 0 Å². The summed E-state index contributed by atoms with van der Waals surface area (Å²) in [6.45, 7) is 0.503. The van der Waals surface area contributed by atoms with E-state index >= 15 is 0 Å². The fourth-order valence-corrected chi connectivity index (χ4v) is 13.2. The average Bonchev–Trinajstić information content (AvgIpc) is 3.59. The molecule has 5 aromatic rings. The van der Waals surface area contributed by atoms with Crippen molar-refractivity contribution < 1.29 is 8.94 Å². The van der Waals surface area contributed by atoms with Crippen molar-refractivity contribution in [3.63, 3.8) is 0 Å². The molecule has 3 atom stereocenters. The number of allylic oxidation sites excluding steroid dienone is 3. The van der Waals surface area contributed by atoms with Gasteiger partial charge in [0.05, 0.1) is 0 Å². The number of hydrogen-bond donors (Lipinski definition) is 0. The van der Waals surface area contributed by atoms with E-state index in [0.717, 1.165) is 16.7 Å². The molecule has 4 aromatic carbocycles. The summed E-state index contributed by atoms with van der Waals surface area (Å²) < 4.78 is 14.3. The van der Waals surface area contributed by atoms with Gasteiger partial charge in [0.2, 0.25) is 0 Å². The zero-order valence-corrected chi connectivity index (χ0v) is 22.7. The van der Waals surface area contributed by atoms with Gasteiger partial charge in [-0.1, -0.05) is 13.8 Å². The second kappa shape index (κ2) is 9.87. The Hall–Kier alpha value is -3.71. The minimum absolute atomic E-state index is 0.131. The van der Waals surface area contributed by atoms with E-state index in [9.17, 15) is 0 Å². The molecule has 2 aliphatic rings. The molecule has 3 heteroatoms. The van der Waals surface area contributed by atoms with Gasteiger partial charge >= 0.3 is 212 Å². The number of benzene rings is 4. The van der Waals surface area contributed by atoms with Crippen molar-refractivity contribution in [3.8, 4) is 0 Å². The van der Waals surface area contributed by atoms with E-state index in [2.05, 4.69) is 133 Å². The molecule has 0 spiro atoms. The van der Waals surface area contributed by atoms with Crippen molar-refractivity contribution in [2.24, 2.45) is 5.92 Å². The Labute approximate surface area is 225 Å². The Kier molecular flexibility index (Phi) is 6.40. The normalized spacial score (nSPS) is 23.5. The van der Waals surface area contributed by atoms with E-state index in [1.165, 1.54) is 15.9 Å².